The van der Waals surface area contributed by atoms with Gasteiger partial charge in [-0.05, 0) is 50.9 Å². The van der Waals surface area contributed by atoms with Crippen molar-refractivity contribution >= 4 is 5.96 Å². The third-order valence-corrected chi connectivity index (χ3v) is 5.09. The lowest BCUT2D eigenvalue weighted by molar-refractivity contribution is 0.146. The first-order valence-corrected chi connectivity index (χ1v) is 9.11. The summed E-state index contributed by atoms with van der Waals surface area (Å²) < 4.78 is 5.71. The Bertz CT molecular complexity index is 473. The fraction of sp³-hybridized carbons (Fsp3) is 0.722. The maximum Gasteiger partial charge on any atom is 0.191 e. The van der Waals surface area contributed by atoms with E-state index in [1.54, 1.807) is 6.26 Å². The van der Waals surface area contributed by atoms with Crippen LogP contribution in [0.3, 0.4) is 0 Å². The van der Waals surface area contributed by atoms with E-state index in [2.05, 4.69) is 26.6 Å². The molecule has 128 valence electrons. The van der Waals surface area contributed by atoms with Crippen molar-refractivity contribution < 1.29 is 4.42 Å². The van der Waals surface area contributed by atoms with Gasteiger partial charge in [-0.2, -0.15) is 0 Å². The summed E-state index contributed by atoms with van der Waals surface area (Å²) in [6.45, 7) is 3.14. The van der Waals surface area contributed by atoms with E-state index in [0.717, 1.165) is 31.4 Å². The Kier molecular flexibility index (Phi) is 5.97. The molecule has 0 aromatic carbocycles. The lowest BCUT2D eigenvalue weighted by atomic mass is 10.1. The largest absolute Gasteiger partial charge is 0.468 e. The molecular weight excluding hydrogens is 288 g/mol. The third-order valence-electron chi connectivity index (χ3n) is 5.09. The normalized spacial score (nSPS) is 22.2. The Morgan fingerprint density at radius 3 is 2.70 bits per heavy atom. The van der Waals surface area contributed by atoms with Crippen LogP contribution in [0.2, 0.25) is 0 Å². The highest BCUT2D eigenvalue weighted by Gasteiger charge is 2.25. The number of hydrogen-bond donors (Lipinski definition) is 2. The third kappa shape index (κ3) is 4.50. The number of aliphatic imine (C=N–C) groups is 1. The Morgan fingerprint density at radius 2 is 2.04 bits per heavy atom. The summed E-state index contributed by atoms with van der Waals surface area (Å²) in [7, 11) is 1.85. The van der Waals surface area contributed by atoms with E-state index >= 15 is 0 Å². The number of nitrogens with one attached hydrogen (secondary N) is 2. The Morgan fingerprint density at radius 1 is 1.26 bits per heavy atom. The summed E-state index contributed by atoms with van der Waals surface area (Å²) in [5, 5.41) is 7.08. The second-order valence-corrected chi connectivity index (χ2v) is 6.71. The van der Waals surface area contributed by atoms with Gasteiger partial charge in [0.2, 0.25) is 0 Å². The molecule has 0 bridgehead atoms. The van der Waals surface area contributed by atoms with Crippen LogP contribution in [0.15, 0.2) is 27.8 Å². The molecule has 1 saturated carbocycles. The van der Waals surface area contributed by atoms with Gasteiger partial charge in [0.1, 0.15) is 5.76 Å². The molecule has 2 fully saturated rings. The molecule has 1 atom stereocenters. The molecule has 0 amide bonds. The van der Waals surface area contributed by atoms with Crippen molar-refractivity contribution in [3.8, 4) is 0 Å². The minimum atomic E-state index is 0.285. The van der Waals surface area contributed by atoms with Gasteiger partial charge in [-0.25, -0.2) is 0 Å². The molecule has 2 aliphatic rings. The van der Waals surface area contributed by atoms with Crippen LogP contribution in [0.5, 0.6) is 0 Å². The predicted molar refractivity (Wildman–Crippen MR) is 93.6 cm³/mol. The van der Waals surface area contributed by atoms with Gasteiger partial charge in [-0.1, -0.05) is 19.3 Å². The zero-order valence-corrected chi connectivity index (χ0v) is 14.3. The van der Waals surface area contributed by atoms with E-state index in [1.165, 1.54) is 44.9 Å². The number of likely N-dealkylation sites (tertiary alicyclic amines) is 1. The average molecular weight is 318 g/mol. The molecule has 0 spiro atoms. The van der Waals surface area contributed by atoms with E-state index in [9.17, 15) is 0 Å². The van der Waals surface area contributed by atoms with Crippen LogP contribution in [0.1, 0.15) is 56.7 Å². The first-order valence-electron chi connectivity index (χ1n) is 9.11. The molecule has 23 heavy (non-hydrogen) atoms. The zero-order chi connectivity index (χ0) is 15.9. The Balaban J connectivity index is 1.58. The van der Waals surface area contributed by atoms with Crippen LogP contribution >= 0.6 is 0 Å². The number of furan rings is 1. The maximum absolute atomic E-state index is 5.71. The SMILES string of the molecule is CN=C(NCC(c1ccco1)N1CCCCC1)NC1CCCC1. The topological polar surface area (TPSA) is 52.8 Å². The lowest BCUT2D eigenvalue weighted by Gasteiger charge is -2.34. The van der Waals surface area contributed by atoms with Crippen LogP contribution in [-0.2, 0) is 0 Å². The van der Waals surface area contributed by atoms with Crippen molar-refractivity contribution in [1.82, 2.24) is 15.5 Å². The van der Waals surface area contributed by atoms with E-state index in [4.69, 9.17) is 4.42 Å². The molecule has 1 aromatic rings. The first kappa shape index (κ1) is 16.4. The molecule has 5 heteroatoms. The summed E-state index contributed by atoms with van der Waals surface area (Å²) in [6.07, 6.45) is 10.9. The summed E-state index contributed by atoms with van der Waals surface area (Å²) >= 11 is 0. The zero-order valence-electron chi connectivity index (χ0n) is 14.3. The standard InChI is InChI=1S/C18H30N4O/c1-19-18(21-15-8-3-4-9-15)20-14-16(17-10-7-13-23-17)22-11-5-2-6-12-22/h7,10,13,15-16H,2-6,8-9,11-12,14H2,1H3,(H2,19,20,21). The summed E-state index contributed by atoms with van der Waals surface area (Å²) in [6, 6.07) is 4.94. The van der Waals surface area contributed by atoms with E-state index in [1.807, 2.05) is 13.1 Å². The Hall–Kier alpha value is -1.49. The number of nitrogens with zero attached hydrogens (tertiary/aromatic N) is 2. The van der Waals surface area contributed by atoms with Gasteiger partial charge >= 0.3 is 0 Å². The molecular formula is C18H30N4O. The second kappa shape index (κ2) is 8.39. The van der Waals surface area contributed by atoms with Crippen molar-refractivity contribution in [2.45, 2.75) is 57.0 Å². The fourth-order valence-corrected chi connectivity index (χ4v) is 3.77. The van der Waals surface area contributed by atoms with Gasteiger partial charge in [0.05, 0.1) is 12.3 Å². The highest BCUT2D eigenvalue weighted by Crippen LogP contribution is 2.24. The Labute approximate surface area is 139 Å². The highest BCUT2D eigenvalue weighted by molar-refractivity contribution is 5.80. The summed E-state index contributed by atoms with van der Waals surface area (Å²) in [4.78, 5) is 6.94. The molecule has 1 unspecified atom stereocenters. The molecule has 1 aliphatic carbocycles. The molecule has 1 aliphatic heterocycles. The van der Waals surface area contributed by atoms with Crippen molar-refractivity contribution in [3.63, 3.8) is 0 Å². The average Bonchev–Trinajstić information content (AvgIpc) is 3.29. The molecule has 1 aromatic heterocycles. The van der Waals surface area contributed by atoms with Crippen LogP contribution in [0, 0.1) is 0 Å². The fourth-order valence-electron chi connectivity index (χ4n) is 3.77. The smallest absolute Gasteiger partial charge is 0.191 e. The lowest BCUT2D eigenvalue weighted by Crippen LogP contribution is -2.46. The molecule has 0 radical (unpaired) electrons. The minimum Gasteiger partial charge on any atom is -0.468 e. The maximum atomic E-state index is 5.71. The first-order chi connectivity index (χ1) is 11.4. The predicted octanol–water partition coefficient (Wildman–Crippen LogP) is 2.91. The van der Waals surface area contributed by atoms with Crippen LogP contribution < -0.4 is 10.6 Å². The van der Waals surface area contributed by atoms with Gasteiger partial charge < -0.3 is 15.1 Å². The van der Waals surface area contributed by atoms with Crippen LogP contribution in [0.4, 0.5) is 0 Å². The number of rotatable bonds is 5. The van der Waals surface area contributed by atoms with Crippen molar-refractivity contribution in [1.29, 1.82) is 0 Å². The van der Waals surface area contributed by atoms with Gasteiger partial charge in [-0.3, -0.25) is 9.89 Å². The van der Waals surface area contributed by atoms with Crippen molar-refractivity contribution in [2.75, 3.05) is 26.7 Å². The molecule has 3 rings (SSSR count). The molecule has 1 saturated heterocycles. The van der Waals surface area contributed by atoms with Crippen molar-refractivity contribution in [3.05, 3.63) is 24.2 Å². The van der Waals surface area contributed by atoms with Gasteiger partial charge in [0.15, 0.2) is 5.96 Å². The summed E-state index contributed by atoms with van der Waals surface area (Å²) in [5.41, 5.74) is 0. The van der Waals surface area contributed by atoms with E-state index < -0.39 is 0 Å². The summed E-state index contributed by atoms with van der Waals surface area (Å²) in [5.74, 6) is 1.97. The van der Waals surface area contributed by atoms with E-state index in [-0.39, 0.29) is 6.04 Å². The molecule has 2 heterocycles. The minimum absolute atomic E-state index is 0.285. The molecule has 2 N–H and O–H groups in total. The quantitative estimate of drug-likeness (QED) is 0.647. The van der Waals surface area contributed by atoms with Crippen LogP contribution in [0.25, 0.3) is 0 Å². The van der Waals surface area contributed by atoms with Gasteiger partial charge in [0.25, 0.3) is 0 Å². The molecule has 5 nitrogen and oxygen atoms in total. The van der Waals surface area contributed by atoms with Crippen LogP contribution in [-0.4, -0.2) is 43.6 Å². The highest BCUT2D eigenvalue weighted by atomic mass is 16.3. The van der Waals surface area contributed by atoms with E-state index in [0.29, 0.717) is 6.04 Å². The van der Waals surface area contributed by atoms with Gasteiger partial charge in [0, 0.05) is 19.6 Å². The van der Waals surface area contributed by atoms with Gasteiger partial charge in [-0.15, -0.1) is 0 Å². The monoisotopic (exact) mass is 318 g/mol. The number of piperidine rings is 1. The van der Waals surface area contributed by atoms with Crippen molar-refractivity contribution in [2.24, 2.45) is 4.99 Å². The number of hydrogen-bond acceptors (Lipinski definition) is 3. The number of guanidine groups is 1. The second-order valence-electron chi connectivity index (χ2n) is 6.71.